The number of ether oxygens (including phenoxy) is 1. The van der Waals surface area contributed by atoms with Crippen molar-refractivity contribution >= 4 is 0 Å². The van der Waals surface area contributed by atoms with Crippen molar-refractivity contribution < 1.29 is 4.74 Å². The van der Waals surface area contributed by atoms with Gasteiger partial charge in [0.15, 0.2) is 0 Å². The summed E-state index contributed by atoms with van der Waals surface area (Å²) in [6.07, 6.45) is 11.1. The second-order valence-corrected chi connectivity index (χ2v) is 7.37. The molecule has 5 aliphatic rings. The fourth-order valence-electron chi connectivity index (χ4n) is 5.69. The van der Waals surface area contributed by atoms with Gasteiger partial charge in [-0.3, -0.25) is 0 Å². The number of rotatable bonds is 3. The molecule has 102 valence electrons. The van der Waals surface area contributed by atoms with Crippen LogP contribution in [-0.2, 0) is 4.74 Å². The number of morpholine rings is 1. The van der Waals surface area contributed by atoms with Crippen LogP contribution >= 0.6 is 0 Å². The summed E-state index contributed by atoms with van der Waals surface area (Å²) in [6, 6.07) is 0. The molecule has 1 aliphatic heterocycles. The summed E-state index contributed by atoms with van der Waals surface area (Å²) >= 11 is 0. The maximum atomic E-state index is 5.86. The van der Waals surface area contributed by atoms with Crippen molar-refractivity contribution in [1.82, 2.24) is 5.32 Å². The highest BCUT2D eigenvalue weighted by Crippen LogP contribution is 2.57. The third kappa shape index (κ3) is 2.12. The van der Waals surface area contributed by atoms with Gasteiger partial charge in [0.05, 0.1) is 12.7 Å². The fraction of sp³-hybridized carbons (Fsp3) is 1.00. The van der Waals surface area contributed by atoms with Crippen molar-refractivity contribution in [2.75, 3.05) is 19.7 Å². The van der Waals surface area contributed by atoms with Crippen molar-refractivity contribution in [1.29, 1.82) is 0 Å². The molecular formula is C16H27NO. The maximum Gasteiger partial charge on any atom is 0.0700 e. The van der Waals surface area contributed by atoms with Gasteiger partial charge in [-0.1, -0.05) is 0 Å². The lowest BCUT2D eigenvalue weighted by molar-refractivity contribution is -0.0499. The van der Waals surface area contributed by atoms with Gasteiger partial charge in [-0.05, 0) is 74.5 Å². The number of nitrogens with one attached hydrogen (secondary N) is 1. The molecule has 5 rings (SSSR count). The van der Waals surface area contributed by atoms with Crippen LogP contribution in [0.15, 0.2) is 0 Å². The third-order valence-electron chi connectivity index (χ3n) is 6.25. The van der Waals surface area contributed by atoms with Crippen LogP contribution in [0.5, 0.6) is 0 Å². The summed E-state index contributed by atoms with van der Waals surface area (Å²) in [6.45, 7) is 3.06. The molecule has 5 fully saturated rings. The Morgan fingerprint density at radius 3 is 2.22 bits per heavy atom. The smallest absolute Gasteiger partial charge is 0.0700 e. The molecule has 0 aromatic carbocycles. The molecule has 18 heavy (non-hydrogen) atoms. The number of hydrogen-bond acceptors (Lipinski definition) is 2. The molecule has 4 saturated carbocycles. The van der Waals surface area contributed by atoms with Gasteiger partial charge in [0.25, 0.3) is 0 Å². The van der Waals surface area contributed by atoms with Crippen molar-refractivity contribution in [2.24, 2.45) is 29.6 Å². The standard InChI is InChI=1S/C16H27NO/c1(15-10-17-3-4-18-15)2-16-13-6-11-5-12(8-13)9-14(16)7-11/h11-17H,1-10H2. The van der Waals surface area contributed by atoms with E-state index in [-0.39, 0.29) is 0 Å². The molecule has 1 saturated heterocycles. The maximum absolute atomic E-state index is 5.86. The highest BCUT2D eigenvalue weighted by molar-refractivity contribution is 4.98. The first kappa shape index (κ1) is 11.7. The van der Waals surface area contributed by atoms with Crippen LogP contribution < -0.4 is 5.32 Å². The normalized spacial score (nSPS) is 50.7. The van der Waals surface area contributed by atoms with Gasteiger partial charge >= 0.3 is 0 Å². The summed E-state index contributed by atoms with van der Waals surface area (Å²) in [5, 5.41) is 3.46. The molecule has 1 N–H and O–H groups in total. The van der Waals surface area contributed by atoms with E-state index >= 15 is 0 Å². The highest BCUT2D eigenvalue weighted by Gasteiger charge is 2.47. The summed E-state index contributed by atoms with van der Waals surface area (Å²) < 4.78 is 5.86. The van der Waals surface area contributed by atoms with Crippen molar-refractivity contribution in [3.05, 3.63) is 0 Å². The lowest BCUT2D eigenvalue weighted by Gasteiger charge is -2.54. The molecule has 2 heteroatoms. The average molecular weight is 249 g/mol. The zero-order valence-corrected chi connectivity index (χ0v) is 11.4. The molecule has 1 atom stereocenters. The van der Waals surface area contributed by atoms with E-state index in [0.717, 1.165) is 49.3 Å². The Kier molecular flexibility index (Phi) is 3.12. The fourth-order valence-corrected chi connectivity index (χ4v) is 5.69. The number of hydrogen-bond donors (Lipinski definition) is 1. The van der Waals surface area contributed by atoms with E-state index < -0.39 is 0 Å². The van der Waals surface area contributed by atoms with Crippen LogP contribution in [0.2, 0.25) is 0 Å². The first-order valence-electron chi connectivity index (χ1n) is 8.21. The van der Waals surface area contributed by atoms with Crippen LogP contribution in [0.4, 0.5) is 0 Å². The first-order chi connectivity index (χ1) is 8.88. The minimum Gasteiger partial charge on any atom is -0.376 e. The van der Waals surface area contributed by atoms with Gasteiger partial charge in [0, 0.05) is 13.1 Å². The van der Waals surface area contributed by atoms with Gasteiger partial charge in [0.2, 0.25) is 0 Å². The highest BCUT2D eigenvalue weighted by atomic mass is 16.5. The summed E-state index contributed by atoms with van der Waals surface area (Å²) in [4.78, 5) is 0. The van der Waals surface area contributed by atoms with Crippen molar-refractivity contribution in [3.8, 4) is 0 Å². The monoisotopic (exact) mass is 249 g/mol. The van der Waals surface area contributed by atoms with E-state index in [0.29, 0.717) is 6.10 Å². The molecule has 1 unspecified atom stereocenters. The quantitative estimate of drug-likeness (QED) is 0.830. The molecule has 4 bridgehead atoms. The molecule has 4 aliphatic carbocycles. The van der Waals surface area contributed by atoms with Gasteiger partial charge in [0.1, 0.15) is 0 Å². The van der Waals surface area contributed by atoms with Crippen LogP contribution in [0.25, 0.3) is 0 Å². The van der Waals surface area contributed by atoms with Gasteiger partial charge in [-0.2, -0.15) is 0 Å². The Labute approximate surface area is 111 Å². The Morgan fingerprint density at radius 1 is 0.889 bits per heavy atom. The third-order valence-corrected chi connectivity index (χ3v) is 6.25. The van der Waals surface area contributed by atoms with Crippen LogP contribution in [0.1, 0.15) is 44.9 Å². The van der Waals surface area contributed by atoms with Crippen LogP contribution in [-0.4, -0.2) is 25.8 Å². The zero-order chi connectivity index (χ0) is 11.9. The van der Waals surface area contributed by atoms with Crippen LogP contribution in [0.3, 0.4) is 0 Å². The molecule has 0 aromatic heterocycles. The van der Waals surface area contributed by atoms with E-state index in [1.54, 1.807) is 32.1 Å². The van der Waals surface area contributed by atoms with Crippen molar-refractivity contribution in [2.45, 2.75) is 51.0 Å². The Balaban J connectivity index is 1.34. The average Bonchev–Trinajstić information content (AvgIpc) is 2.38. The van der Waals surface area contributed by atoms with Gasteiger partial charge < -0.3 is 10.1 Å². The largest absolute Gasteiger partial charge is 0.376 e. The molecule has 0 radical (unpaired) electrons. The van der Waals surface area contributed by atoms with Gasteiger partial charge in [-0.25, -0.2) is 0 Å². The minimum absolute atomic E-state index is 0.510. The Bertz CT molecular complexity index is 269. The van der Waals surface area contributed by atoms with E-state index in [2.05, 4.69) is 5.32 Å². The topological polar surface area (TPSA) is 21.3 Å². The Morgan fingerprint density at radius 2 is 1.61 bits per heavy atom. The second-order valence-electron chi connectivity index (χ2n) is 7.37. The minimum atomic E-state index is 0.510. The van der Waals surface area contributed by atoms with E-state index in [1.807, 2.05) is 0 Å². The predicted octanol–water partition coefficient (Wildman–Crippen LogP) is 2.83. The Hall–Kier alpha value is -0.0800. The molecule has 0 amide bonds. The first-order valence-corrected chi connectivity index (χ1v) is 8.21. The summed E-state index contributed by atoms with van der Waals surface area (Å²) in [5.74, 6) is 5.49. The SMILES string of the molecule is C1COC(CCC2C3CC4CC(C3)CC2C4)CN1. The lowest BCUT2D eigenvalue weighted by atomic mass is 9.51. The predicted molar refractivity (Wildman–Crippen MR) is 72.4 cm³/mol. The molecular weight excluding hydrogens is 222 g/mol. The van der Waals surface area contributed by atoms with Gasteiger partial charge in [-0.15, -0.1) is 0 Å². The molecule has 2 nitrogen and oxygen atoms in total. The van der Waals surface area contributed by atoms with Crippen LogP contribution in [0, 0.1) is 29.6 Å². The second kappa shape index (κ2) is 4.79. The molecule has 0 spiro atoms. The van der Waals surface area contributed by atoms with E-state index in [4.69, 9.17) is 4.74 Å². The zero-order valence-electron chi connectivity index (χ0n) is 11.4. The van der Waals surface area contributed by atoms with E-state index in [1.165, 1.54) is 12.8 Å². The molecule has 1 heterocycles. The summed E-state index contributed by atoms with van der Waals surface area (Å²) in [7, 11) is 0. The van der Waals surface area contributed by atoms with E-state index in [9.17, 15) is 0 Å². The van der Waals surface area contributed by atoms with Crippen molar-refractivity contribution in [3.63, 3.8) is 0 Å². The summed E-state index contributed by atoms with van der Waals surface area (Å²) in [5.41, 5.74) is 0. The molecule has 0 aromatic rings. The lowest BCUT2D eigenvalue weighted by Crippen LogP contribution is -2.45.